The van der Waals surface area contributed by atoms with Crippen LogP contribution in [-0.2, 0) is 9.47 Å². The number of nitrogens with one attached hydrogen (secondary N) is 1. The average molecular weight is 273 g/mol. The summed E-state index contributed by atoms with van der Waals surface area (Å²) in [6, 6.07) is 9.25. The first-order valence-electron chi connectivity index (χ1n) is 6.21. The first-order chi connectivity index (χ1) is 9.69. The number of carbonyl (C=O) groups is 2. The van der Waals surface area contributed by atoms with Crippen molar-refractivity contribution in [3.05, 3.63) is 47.7 Å². The summed E-state index contributed by atoms with van der Waals surface area (Å²) in [4.78, 5) is 26.8. The first kappa shape index (κ1) is 13.9. The summed E-state index contributed by atoms with van der Waals surface area (Å²) in [5, 5.41) is 0. The Kier molecular flexibility index (Phi) is 4.20. The van der Waals surface area contributed by atoms with Gasteiger partial charge in [-0.1, -0.05) is 30.3 Å². The lowest BCUT2D eigenvalue weighted by Gasteiger charge is -2.05. The molecule has 0 atom stereocenters. The fraction of sp³-hybridized carbons (Fsp3) is 0.200. The summed E-state index contributed by atoms with van der Waals surface area (Å²) in [6.45, 7) is 1.95. The van der Waals surface area contributed by atoms with Gasteiger partial charge in [-0.3, -0.25) is 0 Å². The van der Waals surface area contributed by atoms with E-state index in [1.165, 1.54) is 13.3 Å². The molecule has 5 heteroatoms. The molecule has 0 aliphatic rings. The molecule has 0 fully saturated rings. The van der Waals surface area contributed by atoms with Crippen LogP contribution in [0.1, 0.15) is 27.6 Å². The number of H-pyrrole nitrogens is 1. The molecule has 2 aromatic rings. The number of hydrogen-bond acceptors (Lipinski definition) is 4. The maximum Gasteiger partial charge on any atom is 0.340 e. The Labute approximate surface area is 116 Å². The number of methoxy groups -OCH3 is 1. The molecular formula is C15H15NO4. The highest BCUT2D eigenvalue weighted by Crippen LogP contribution is 2.26. The van der Waals surface area contributed by atoms with Gasteiger partial charge in [0.2, 0.25) is 0 Å². The zero-order valence-electron chi connectivity index (χ0n) is 11.3. The molecule has 0 saturated heterocycles. The number of ether oxygens (including phenoxy) is 2. The number of esters is 2. The third-order valence-corrected chi connectivity index (χ3v) is 2.83. The highest BCUT2D eigenvalue weighted by molar-refractivity contribution is 6.07. The minimum Gasteiger partial charge on any atom is -0.465 e. The molecule has 0 aliphatic heterocycles. The lowest BCUT2D eigenvalue weighted by molar-refractivity contribution is 0.0505. The lowest BCUT2D eigenvalue weighted by Crippen LogP contribution is -2.11. The van der Waals surface area contributed by atoms with Gasteiger partial charge >= 0.3 is 11.9 Å². The van der Waals surface area contributed by atoms with Crippen LogP contribution >= 0.6 is 0 Å². The van der Waals surface area contributed by atoms with Crippen molar-refractivity contribution in [1.82, 2.24) is 4.98 Å². The van der Waals surface area contributed by atoms with E-state index in [1.807, 2.05) is 30.3 Å². The molecule has 1 N–H and O–H groups in total. The lowest BCUT2D eigenvalue weighted by atomic mass is 10.1. The molecule has 1 aromatic carbocycles. The summed E-state index contributed by atoms with van der Waals surface area (Å²) < 4.78 is 9.70. The molecule has 2 rings (SSSR count). The SMILES string of the molecule is CCOC(=O)c1c[nH]c(-c2ccccc2)c1C(=O)OC. The molecule has 1 heterocycles. The van der Waals surface area contributed by atoms with Crippen molar-refractivity contribution in [2.24, 2.45) is 0 Å². The normalized spacial score (nSPS) is 10.1. The quantitative estimate of drug-likeness (QED) is 0.869. The fourth-order valence-corrected chi connectivity index (χ4v) is 1.94. The van der Waals surface area contributed by atoms with E-state index in [0.29, 0.717) is 5.69 Å². The van der Waals surface area contributed by atoms with Crippen molar-refractivity contribution < 1.29 is 19.1 Å². The minimum atomic E-state index is -0.576. The standard InChI is InChI=1S/C15H15NO4/c1-3-20-14(17)11-9-16-13(12(11)15(18)19-2)10-7-5-4-6-8-10/h4-9,16H,3H2,1-2H3. The maximum atomic E-state index is 11.9. The Morgan fingerprint density at radius 2 is 1.85 bits per heavy atom. The van der Waals surface area contributed by atoms with E-state index in [0.717, 1.165) is 5.56 Å². The molecule has 0 unspecified atom stereocenters. The van der Waals surface area contributed by atoms with Gasteiger partial charge in [-0.25, -0.2) is 9.59 Å². The number of carbonyl (C=O) groups excluding carboxylic acids is 2. The van der Waals surface area contributed by atoms with Crippen molar-refractivity contribution >= 4 is 11.9 Å². The first-order valence-corrected chi connectivity index (χ1v) is 6.21. The second-order valence-electron chi connectivity index (χ2n) is 4.03. The summed E-state index contributed by atoms with van der Waals surface area (Å²) in [5.41, 5.74) is 1.71. The molecule has 104 valence electrons. The maximum absolute atomic E-state index is 11.9. The Hall–Kier alpha value is -2.56. The van der Waals surface area contributed by atoms with Crippen molar-refractivity contribution in [3.63, 3.8) is 0 Å². The summed E-state index contributed by atoms with van der Waals surface area (Å²) in [6.07, 6.45) is 1.46. The van der Waals surface area contributed by atoms with Crippen LogP contribution in [0.3, 0.4) is 0 Å². The van der Waals surface area contributed by atoms with E-state index in [9.17, 15) is 9.59 Å². The molecule has 0 radical (unpaired) electrons. The molecule has 5 nitrogen and oxygen atoms in total. The average Bonchev–Trinajstić information content (AvgIpc) is 2.92. The summed E-state index contributed by atoms with van der Waals surface area (Å²) in [5.74, 6) is -1.13. The summed E-state index contributed by atoms with van der Waals surface area (Å²) >= 11 is 0. The van der Waals surface area contributed by atoms with Gasteiger partial charge in [-0.05, 0) is 12.5 Å². The van der Waals surface area contributed by atoms with E-state index in [2.05, 4.69) is 4.98 Å². The molecule has 0 amide bonds. The zero-order valence-corrected chi connectivity index (χ0v) is 11.3. The topological polar surface area (TPSA) is 68.4 Å². The smallest absolute Gasteiger partial charge is 0.340 e. The predicted molar refractivity (Wildman–Crippen MR) is 73.5 cm³/mol. The third kappa shape index (κ3) is 2.56. The number of aromatic nitrogens is 1. The Bertz CT molecular complexity index is 616. The molecule has 0 bridgehead atoms. The van der Waals surface area contributed by atoms with E-state index >= 15 is 0 Å². The van der Waals surface area contributed by atoms with Crippen molar-refractivity contribution in [2.45, 2.75) is 6.92 Å². The van der Waals surface area contributed by atoms with Crippen LogP contribution in [-0.4, -0.2) is 30.6 Å². The Morgan fingerprint density at radius 1 is 1.15 bits per heavy atom. The highest BCUT2D eigenvalue weighted by atomic mass is 16.5. The van der Waals surface area contributed by atoms with Crippen LogP contribution in [0.25, 0.3) is 11.3 Å². The van der Waals surface area contributed by atoms with Gasteiger partial charge in [-0.2, -0.15) is 0 Å². The predicted octanol–water partition coefficient (Wildman–Crippen LogP) is 2.65. The molecule has 20 heavy (non-hydrogen) atoms. The van der Waals surface area contributed by atoms with Crippen molar-refractivity contribution in [3.8, 4) is 11.3 Å². The van der Waals surface area contributed by atoms with Gasteiger partial charge in [-0.15, -0.1) is 0 Å². The number of aromatic amines is 1. The van der Waals surface area contributed by atoms with Gasteiger partial charge in [0.1, 0.15) is 0 Å². The monoisotopic (exact) mass is 273 g/mol. The molecule has 1 aromatic heterocycles. The van der Waals surface area contributed by atoms with Crippen LogP contribution < -0.4 is 0 Å². The molecule has 0 aliphatic carbocycles. The van der Waals surface area contributed by atoms with E-state index in [-0.39, 0.29) is 17.7 Å². The number of benzene rings is 1. The number of hydrogen-bond donors (Lipinski definition) is 1. The van der Waals surface area contributed by atoms with Gasteiger partial charge in [0.05, 0.1) is 30.5 Å². The largest absolute Gasteiger partial charge is 0.465 e. The Morgan fingerprint density at radius 3 is 2.45 bits per heavy atom. The van der Waals surface area contributed by atoms with Crippen LogP contribution in [0.15, 0.2) is 36.5 Å². The van der Waals surface area contributed by atoms with E-state index in [1.54, 1.807) is 6.92 Å². The van der Waals surface area contributed by atoms with Crippen LogP contribution in [0.5, 0.6) is 0 Å². The van der Waals surface area contributed by atoms with Gasteiger partial charge < -0.3 is 14.5 Å². The van der Waals surface area contributed by atoms with Crippen LogP contribution in [0.2, 0.25) is 0 Å². The molecular weight excluding hydrogens is 258 g/mol. The second kappa shape index (κ2) is 6.06. The van der Waals surface area contributed by atoms with E-state index in [4.69, 9.17) is 9.47 Å². The zero-order chi connectivity index (χ0) is 14.5. The van der Waals surface area contributed by atoms with Crippen molar-refractivity contribution in [2.75, 3.05) is 13.7 Å². The van der Waals surface area contributed by atoms with Crippen molar-refractivity contribution in [1.29, 1.82) is 0 Å². The fourth-order valence-electron chi connectivity index (χ4n) is 1.94. The van der Waals surface area contributed by atoms with Crippen LogP contribution in [0.4, 0.5) is 0 Å². The van der Waals surface area contributed by atoms with Gasteiger partial charge in [0.15, 0.2) is 0 Å². The highest BCUT2D eigenvalue weighted by Gasteiger charge is 2.25. The van der Waals surface area contributed by atoms with Gasteiger partial charge in [0, 0.05) is 6.20 Å². The van der Waals surface area contributed by atoms with Gasteiger partial charge in [0.25, 0.3) is 0 Å². The Balaban J connectivity index is 2.54. The number of rotatable bonds is 4. The summed E-state index contributed by atoms with van der Waals surface area (Å²) in [7, 11) is 1.28. The third-order valence-electron chi connectivity index (χ3n) is 2.83. The van der Waals surface area contributed by atoms with Crippen LogP contribution in [0, 0.1) is 0 Å². The van der Waals surface area contributed by atoms with E-state index < -0.39 is 11.9 Å². The minimum absolute atomic E-state index is 0.178. The molecule has 0 saturated carbocycles. The second-order valence-corrected chi connectivity index (χ2v) is 4.03. The molecule has 0 spiro atoms.